The first-order chi connectivity index (χ1) is 30.7. The molecule has 5 heterocycles. The number of anilines is 1. The van der Waals surface area contributed by atoms with Gasteiger partial charge >= 0.3 is 0 Å². The molecule has 13 nitrogen and oxygen atoms in total. The molecule has 4 aromatic carbocycles. The highest BCUT2D eigenvalue weighted by Crippen LogP contribution is 2.34. The molecule has 0 atom stereocenters. The molecular weight excluding hydrogens is 953 g/mol. The number of halogens is 1. The van der Waals surface area contributed by atoms with E-state index in [4.69, 9.17) is 15.8 Å². The summed E-state index contributed by atoms with van der Waals surface area (Å²) in [7, 11) is -6.37. The second-order valence-corrected chi connectivity index (χ2v) is 22.6. The molecular formula is C46H51BrN8O5S4. The van der Waals surface area contributed by atoms with Gasteiger partial charge < -0.3 is 5.73 Å². The number of alkyl halides is 1. The lowest BCUT2D eigenvalue weighted by molar-refractivity contribution is 0.102. The smallest absolute Gasteiger partial charge is 0.212 e. The van der Waals surface area contributed by atoms with E-state index in [2.05, 4.69) is 96.6 Å². The Morgan fingerprint density at radius 1 is 0.672 bits per heavy atom. The van der Waals surface area contributed by atoms with Crippen LogP contribution in [0, 0.1) is 0 Å². The van der Waals surface area contributed by atoms with Crippen LogP contribution in [0.1, 0.15) is 69.0 Å². The molecule has 2 aliphatic rings. The Balaban J connectivity index is 0.000000158. The van der Waals surface area contributed by atoms with Crippen LogP contribution >= 0.6 is 38.6 Å². The van der Waals surface area contributed by atoms with E-state index < -0.39 is 19.7 Å². The van der Waals surface area contributed by atoms with Crippen LogP contribution < -0.4 is 5.73 Å². The highest BCUT2D eigenvalue weighted by molar-refractivity contribution is 9.09. The van der Waals surface area contributed by atoms with E-state index in [0.717, 1.165) is 97.4 Å². The molecule has 0 amide bonds. The summed E-state index contributed by atoms with van der Waals surface area (Å²) in [6.45, 7) is 6.47. The van der Waals surface area contributed by atoms with Crippen molar-refractivity contribution in [1.82, 2.24) is 34.6 Å². The summed E-state index contributed by atoms with van der Waals surface area (Å²) in [5, 5.41) is 16.0. The zero-order valence-electron chi connectivity index (χ0n) is 35.7. The van der Waals surface area contributed by atoms with Gasteiger partial charge in [0.15, 0.2) is 25.5 Å². The van der Waals surface area contributed by atoms with Crippen LogP contribution in [-0.4, -0.2) is 101 Å². The van der Waals surface area contributed by atoms with E-state index in [1.54, 1.807) is 35.6 Å². The summed E-state index contributed by atoms with van der Waals surface area (Å²) >= 11 is 6.24. The Morgan fingerprint density at radius 2 is 1.16 bits per heavy atom. The second-order valence-electron chi connectivity index (χ2n) is 16.0. The van der Waals surface area contributed by atoms with Crippen molar-refractivity contribution in [2.24, 2.45) is 0 Å². The van der Waals surface area contributed by atoms with Crippen molar-refractivity contribution in [3.8, 4) is 11.3 Å². The first kappa shape index (κ1) is 47.3. The lowest BCUT2D eigenvalue weighted by atomic mass is 9.97. The monoisotopic (exact) mass is 1000 g/mol. The molecule has 2 saturated heterocycles. The number of carbonyl (C=O) groups excluding carboxylic acids is 1. The first-order valence-corrected chi connectivity index (χ1v) is 27.4. The molecule has 336 valence electrons. The number of nitrogens with zero attached hydrogens (tertiary/aromatic N) is 7. The van der Waals surface area contributed by atoms with Crippen molar-refractivity contribution >= 4 is 74.2 Å². The van der Waals surface area contributed by atoms with Gasteiger partial charge in [0.05, 0.1) is 27.0 Å². The van der Waals surface area contributed by atoms with Gasteiger partial charge in [-0.3, -0.25) is 14.6 Å². The lowest BCUT2D eigenvalue weighted by Gasteiger charge is -2.30. The fourth-order valence-electron chi connectivity index (χ4n) is 7.63. The van der Waals surface area contributed by atoms with Crippen molar-refractivity contribution in [2.45, 2.75) is 60.4 Å². The minimum atomic E-state index is -3.19. The highest BCUT2D eigenvalue weighted by Gasteiger charge is 2.25. The summed E-state index contributed by atoms with van der Waals surface area (Å²) in [4.78, 5) is 22.3. The minimum Gasteiger partial charge on any atom is -0.374 e. The van der Waals surface area contributed by atoms with Gasteiger partial charge in [-0.2, -0.15) is 5.10 Å². The van der Waals surface area contributed by atoms with Gasteiger partial charge in [-0.05, 0) is 87.3 Å². The number of carbonyl (C=O) groups is 1. The Kier molecular flexibility index (Phi) is 15.9. The number of piperidine rings is 2. The molecule has 2 N–H and O–H groups in total. The summed E-state index contributed by atoms with van der Waals surface area (Å²) in [6, 6.07) is 34.0. The van der Waals surface area contributed by atoms with Crippen LogP contribution in [0.15, 0.2) is 125 Å². The topological polar surface area (TPSA) is 174 Å². The molecule has 3 aromatic heterocycles. The third-order valence-electron chi connectivity index (χ3n) is 11.2. The zero-order valence-corrected chi connectivity index (χ0v) is 40.5. The number of rotatable bonds is 11. The van der Waals surface area contributed by atoms with Crippen LogP contribution in [0.2, 0.25) is 0 Å². The first-order valence-electron chi connectivity index (χ1n) is 20.9. The number of ketones is 1. The number of fused-ring (bicyclic) bond motifs is 1. The molecule has 0 spiro atoms. The standard InChI is InChI=1S/C23H24N4O2S2.C14H18N4S.C9H9BrO3S/c1-31(28,29)20-9-7-18(8-10-20)21-16-27-23(24-21)30-22(25-27)19-11-13-26(14-12-19)15-17-5-3-2-4-6-17;15-14-17-16-13(19-14)12-6-8-18(9-7-12)10-11-4-2-1-3-5-11;1-14(12,13)8-4-2-7(3-5-8)9(11)6-10/h2-10,16,19H,11-15H2,1H3;1-5,12H,6-10H2,(H2,15,17);2-5H,6H2,1H3. The van der Waals surface area contributed by atoms with Gasteiger partial charge in [0.2, 0.25) is 10.1 Å². The van der Waals surface area contributed by atoms with E-state index in [1.807, 2.05) is 10.7 Å². The predicted molar refractivity (Wildman–Crippen MR) is 259 cm³/mol. The summed E-state index contributed by atoms with van der Waals surface area (Å²) < 4.78 is 47.3. The molecule has 0 radical (unpaired) electrons. The second kappa shape index (κ2) is 21.5. The maximum Gasteiger partial charge on any atom is 0.212 e. The molecule has 0 saturated carbocycles. The highest BCUT2D eigenvalue weighted by atomic mass is 79.9. The number of hydrogen-bond acceptors (Lipinski definition) is 14. The van der Waals surface area contributed by atoms with Gasteiger partial charge in [-0.1, -0.05) is 124 Å². The summed E-state index contributed by atoms with van der Waals surface area (Å²) in [6.07, 6.45) is 8.81. The normalized spacial score (nSPS) is 15.5. The maximum atomic E-state index is 11.6. The molecule has 64 heavy (non-hydrogen) atoms. The van der Waals surface area contributed by atoms with Crippen molar-refractivity contribution < 1.29 is 21.6 Å². The maximum absolute atomic E-state index is 11.6. The third-order valence-corrected chi connectivity index (χ3v) is 16.0. The number of Topliss-reactive ketones (excluding diaryl/α,β-unsaturated/α-hetero) is 1. The molecule has 18 heteroatoms. The van der Waals surface area contributed by atoms with Gasteiger partial charge in [0, 0.05) is 48.6 Å². The number of likely N-dealkylation sites (tertiary alicyclic amines) is 2. The van der Waals surface area contributed by atoms with Crippen molar-refractivity contribution in [3.05, 3.63) is 142 Å². The fourth-order valence-corrected chi connectivity index (χ4v) is 11.0. The van der Waals surface area contributed by atoms with Crippen LogP contribution in [-0.2, 0) is 32.8 Å². The van der Waals surface area contributed by atoms with E-state index in [-0.39, 0.29) is 16.0 Å². The van der Waals surface area contributed by atoms with Crippen molar-refractivity contribution in [2.75, 3.05) is 49.8 Å². The van der Waals surface area contributed by atoms with Crippen LogP contribution in [0.3, 0.4) is 0 Å². The SMILES string of the molecule is CS(=O)(=O)c1ccc(-c2cn3nc(C4CCN(Cc5ccccc5)CC4)sc3n2)cc1.CS(=O)(=O)c1ccc(C(=O)CBr)cc1.Nc1nnc(C2CCN(Cc3ccccc3)CC2)s1. The van der Waals surface area contributed by atoms with Crippen LogP contribution in [0.4, 0.5) is 5.13 Å². The minimum absolute atomic E-state index is 0.0648. The molecule has 0 unspecified atom stereocenters. The number of sulfone groups is 2. The van der Waals surface area contributed by atoms with E-state index in [0.29, 0.717) is 27.4 Å². The van der Waals surface area contributed by atoms with Gasteiger partial charge in [0.1, 0.15) is 10.0 Å². The average molecular weight is 1000 g/mol. The number of nitrogen functional groups attached to an aromatic ring is 1. The molecule has 2 fully saturated rings. The van der Waals surface area contributed by atoms with Crippen LogP contribution in [0.5, 0.6) is 0 Å². The quantitative estimate of drug-likeness (QED) is 0.0970. The number of aromatic nitrogens is 5. The Labute approximate surface area is 391 Å². The zero-order chi connectivity index (χ0) is 45.3. The van der Waals surface area contributed by atoms with E-state index in [1.165, 1.54) is 53.0 Å². The molecule has 0 aliphatic carbocycles. The van der Waals surface area contributed by atoms with Crippen molar-refractivity contribution in [1.29, 1.82) is 0 Å². The van der Waals surface area contributed by atoms with Gasteiger partial charge in [-0.25, -0.2) is 26.3 Å². The summed E-state index contributed by atoms with van der Waals surface area (Å²) in [5.74, 6) is 0.961. The van der Waals surface area contributed by atoms with Gasteiger partial charge in [0.25, 0.3) is 0 Å². The summed E-state index contributed by atoms with van der Waals surface area (Å²) in [5.41, 5.74) is 10.6. The Hall–Kier alpha value is -4.69. The van der Waals surface area contributed by atoms with Crippen LogP contribution in [0.25, 0.3) is 16.2 Å². The largest absolute Gasteiger partial charge is 0.374 e. The number of hydrogen-bond donors (Lipinski definition) is 1. The molecule has 9 rings (SSSR count). The number of nitrogens with two attached hydrogens (primary N) is 1. The fraction of sp³-hybridized carbons (Fsp3) is 0.326. The number of benzene rings is 4. The Morgan fingerprint density at radius 3 is 1.59 bits per heavy atom. The van der Waals surface area contributed by atoms with E-state index in [9.17, 15) is 21.6 Å². The van der Waals surface area contributed by atoms with E-state index >= 15 is 0 Å². The molecule has 2 aliphatic heterocycles. The third kappa shape index (κ3) is 13.0. The predicted octanol–water partition coefficient (Wildman–Crippen LogP) is 8.41. The number of imidazole rings is 1. The average Bonchev–Trinajstić information content (AvgIpc) is 4.03. The molecule has 7 aromatic rings. The Bertz CT molecular complexity index is 2790. The molecule has 0 bridgehead atoms. The van der Waals surface area contributed by atoms with Crippen molar-refractivity contribution in [3.63, 3.8) is 0 Å². The lowest BCUT2D eigenvalue weighted by Crippen LogP contribution is -2.32. The van der Waals surface area contributed by atoms with Gasteiger partial charge in [-0.15, -0.1) is 10.2 Å².